The number of rotatable bonds is 6. The Morgan fingerprint density at radius 3 is 2.37 bits per heavy atom. The van der Waals surface area contributed by atoms with Crippen LogP contribution in [0.3, 0.4) is 0 Å². The number of nitrogens with zero attached hydrogens (tertiary/aromatic N) is 3. The highest BCUT2D eigenvalue weighted by Gasteiger charge is 2.33. The second kappa shape index (κ2) is 9.27. The lowest BCUT2D eigenvalue weighted by atomic mass is 10.3. The summed E-state index contributed by atoms with van der Waals surface area (Å²) in [5.74, 6) is -0.275. The van der Waals surface area contributed by atoms with E-state index in [0.29, 0.717) is 28.8 Å². The minimum Gasteiger partial charge on any atom is -0.325 e. The Labute approximate surface area is 183 Å². The molecule has 12 heteroatoms. The highest BCUT2D eigenvalue weighted by Crippen LogP contribution is 2.27. The first-order chi connectivity index (χ1) is 14.2. The van der Waals surface area contributed by atoms with Crippen molar-refractivity contribution in [3.05, 3.63) is 62.6 Å². The highest BCUT2D eigenvalue weighted by molar-refractivity contribution is 7.89. The van der Waals surface area contributed by atoms with Crippen molar-refractivity contribution >= 4 is 50.5 Å². The number of hydrogen-bond donors (Lipinski definition) is 1. The third kappa shape index (κ3) is 5.08. The molecule has 0 radical (unpaired) electrons. The van der Waals surface area contributed by atoms with Crippen LogP contribution in [0.25, 0.3) is 0 Å². The van der Waals surface area contributed by atoms with Gasteiger partial charge < -0.3 is 5.32 Å². The van der Waals surface area contributed by atoms with Crippen molar-refractivity contribution in [2.45, 2.75) is 4.90 Å². The van der Waals surface area contributed by atoms with Crippen molar-refractivity contribution in [3.63, 3.8) is 0 Å². The molecular formula is C18H18Cl2N4O5S. The predicted molar refractivity (Wildman–Crippen MR) is 113 cm³/mol. The lowest BCUT2D eigenvalue weighted by molar-refractivity contribution is -0.387. The zero-order chi connectivity index (χ0) is 21.9. The van der Waals surface area contributed by atoms with Crippen LogP contribution >= 0.6 is 23.2 Å². The molecule has 1 fully saturated rings. The molecule has 0 atom stereocenters. The summed E-state index contributed by atoms with van der Waals surface area (Å²) in [5, 5.41) is 14.6. The maximum absolute atomic E-state index is 12.8. The molecule has 9 nitrogen and oxygen atoms in total. The number of nitro groups is 1. The van der Waals surface area contributed by atoms with Gasteiger partial charge in [0.15, 0.2) is 4.90 Å². The van der Waals surface area contributed by atoms with Gasteiger partial charge >= 0.3 is 0 Å². The largest absolute Gasteiger partial charge is 0.325 e. The minimum absolute atomic E-state index is 0.0691. The number of nitrogens with one attached hydrogen (secondary N) is 1. The second-order valence-electron chi connectivity index (χ2n) is 6.58. The Hall–Kier alpha value is -2.24. The normalized spacial score (nSPS) is 15.7. The predicted octanol–water partition coefficient (Wildman–Crippen LogP) is 2.85. The molecule has 1 heterocycles. The van der Waals surface area contributed by atoms with Crippen LogP contribution in [0.5, 0.6) is 0 Å². The molecule has 30 heavy (non-hydrogen) atoms. The number of anilines is 1. The van der Waals surface area contributed by atoms with E-state index in [1.54, 1.807) is 23.1 Å². The monoisotopic (exact) mass is 472 g/mol. The number of nitro benzene ring substituents is 1. The number of carbonyl (C=O) groups excluding carboxylic acids is 1. The Morgan fingerprint density at radius 2 is 1.73 bits per heavy atom. The molecule has 1 amide bonds. The summed E-state index contributed by atoms with van der Waals surface area (Å²) in [7, 11) is -4.01. The third-order valence-corrected chi connectivity index (χ3v) is 7.27. The number of sulfonamides is 1. The third-order valence-electron chi connectivity index (χ3n) is 4.58. The number of hydrogen-bond acceptors (Lipinski definition) is 6. The molecule has 0 bridgehead atoms. The van der Waals surface area contributed by atoms with Gasteiger partial charge in [-0.2, -0.15) is 4.31 Å². The van der Waals surface area contributed by atoms with Crippen LogP contribution in [0.1, 0.15) is 0 Å². The van der Waals surface area contributed by atoms with Crippen molar-refractivity contribution in [1.82, 2.24) is 9.21 Å². The maximum atomic E-state index is 12.8. The number of carbonyl (C=O) groups is 1. The highest BCUT2D eigenvalue weighted by atomic mass is 35.5. The molecule has 1 aliphatic heterocycles. The van der Waals surface area contributed by atoms with Crippen molar-refractivity contribution in [2.75, 3.05) is 38.0 Å². The molecule has 2 aromatic carbocycles. The first kappa shape index (κ1) is 22.4. The van der Waals surface area contributed by atoms with Crippen molar-refractivity contribution in [1.29, 1.82) is 0 Å². The summed E-state index contributed by atoms with van der Waals surface area (Å²) in [5.41, 5.74) is 0.0490. The van der Waals surface area contributed by atoms with Gasteiger partial charge in [0.25, 0.3) is 5.69 Å². The molecule has 0 unspecified atom stereocenters. The molecule has 160 valence electrons. The average Bonchev–Trinajstić information content (AvgIpc) is 2.71. The number of benzene rings is 2. The summed E-state index contributed by atoms with van der Waals surface area (Å²) in [6.07, 6.45) is 0. The van der Waals surface area contributed by atoms with Gasteiger partial charge in [-0.05, 0) is 24.3 Å². The SMILES string of the molecule is O=C(CN1CCN(S(=O)(=O)c2ccccc2[N+](=O)[O-])CC1)Nc1ccc(Cl)c(Cl)c1. The Morgan fingerprint density at radius 1 is 1.07 bits per heavy atom. The fourth-order valence-corrected chi connectivity index (χ4v) is 4.95. The van der Waals surface area contributed by atoms with Crippen LogP contribution in [-0.4, -0.2) is 61.2 Å². The molecule has 0 aromatic heterocycles. The summed E-state index contributed by atoms with van der Waals surface area (Å²) in [4.78, 5) is 24.2. The summed E-state index contributed by atoms with van der Waals surface area (Å²) in [6.45, 7) is 0.936. The second-order valence-corrected chi connectivity index (χ2v) is 9.30. The molecular weight excluding hydrogens is 455 g/mol. The van der Waals surface area contributed by atoms with E-state index in [1.807, 2.05) is 0 Å². The van der Waals surface area contributed by atoms with Crippen LogP contribution in [0.4, 0.5) is 11.4 Å². The quantitative estimate of drug-likeness (QED) is 0.510. The average molecular weight is 473 g/mol. The number of amides is 1. The van der Waals surface area contributed by atoms with Gasteiger partial charge in [0.2, 0.25) is 15.9 Å². The summed E-state index contributed by atoms with van der Waals surface area (Å²) >= 11 is 11.8. The molecule has 0 spiro atoms. The Bertz CT molecular complexity index is 1070. The lowest BCUT2D eigenvalue weighted by Gasteiger charge is -2.33. The van der Waals surface area contributed by atoms with Gasteiger partial charge in [-0.1, -0.05) is 35.3 Å². The van der Waals surface area contributed by atoms with E-state index in [4.69, 9.17) is 23.2 Å². The van der Waals surface area contributed by atoms with E-state index in [1.165, 1.54) is 22.5 Å². The van der Waals surface area contributed by atoms with Gasteiger partial charge in [0, 0.05) is 37.9 Å². The summed E-state index contributed by atoms with van der Waals surface area (Å²) < 4.78 is 26.9. The van der Waals surface area contributed by atoms with Crippen molar-refractivity contribution in [2.24, 2.45) is 0 Å². The van der Waals surface area contributed by atoms with E-state index in [9.17, 15) is 23.3 Å². The fraction of sp³-hybridized carbons (Fsp3) is 0.278. The van der Waals surface area contributed by atoms with E-state index < -0.39 is 20.6 Å². The molecule has 1 saturated heterocycles. The van der Waals surface area contributed by atoms with Gasteiger partial charge in [0.05, 0.1) is 21.5 Å². The van der Waals surface area contributed by atoms with Gasteiger partial charge in [-0.3, -0.25) is 19.8 Å². The molecule has 0 aliphatic carbocycles. The fourth-order valence-electron chi connectivity index (χ4n) is 3.07. The topological polar surface area (TPSA) is 113 Å². The van der Waals surface area contributed by atoms with Gasteiger partial charge in [0.1, 0.15) is 0 Å². The number of piperazine rings is 1. The van der Waals surface area contributed by atoms with E-state index >= 15 is 0 Å². The number of para-hydroxylation sites is 1. The van der Waals surface area contributed by atoms with Gasteiger partial charge in [-0.15, -0.1) is 0 Å². The molecule has 1 aliphatic rings. The van der Waals surface area contributed by atoms with E-state index in [2.05, 4.69) is 5.32 Å². The van der Waals surface area contributed by atoms with Gasteiger partial charge in [-0.25, -0.2) is 8.42 Å². The van der Waals surface area contributed by atoms with Crippen LogP contribution in [0, 0.1) is 10.1 Å². The first-order valence-corrected chi connectivity index (χ1v) is 11.1. The minimum atomic E-state index is -4.01. The van der Waals surface area contributed by atoms with Crippen LogP contribution in [-0.2, 0) is 14.8 Å². The molecule has 0 saturated carbocycles. The maximum Gasteiger partial charge on any atom is 0.289 e. The standard InChI is InChI=1S/C18H18Cl2N4O5S/c19-14-6-5-13(11-15(14)20)21-18(25)12-22-7-9-23(10-8-22)30(28,29)17-4-2-1-3-16(17)24(26)27/h1-6,11H,7-10,12H2,(H,21,25). The molecule has 2 aromatic rings. The molecule has 3 rings (SSSR count). The lowest BCUT2D eigenvalue weighted by Crippen LogP contribution is -2.50. The zero-order valence-corrected chi connectivity index (χ0v) is 18.0. The zero-order valence-electron chi connectivity index (χ0n) is 15.6. The van der Waals surface area contributed by atoms with E-state index in [-0.39, 0.29) is 30.4 Å². The van der Waals surface area contributed by atoms with Crippen molar-refractivity contribution < 1.29 is 18.1 Å². The Kier molecular flexibility index (Phi) is 6.94. The number of halogens is 2. The Balaban J connectivity index is 1.60. The summed E-state index contributed by atoms with van der Waals surface area (Å²) in [6, 6.07) is 10.0. The van der Waals surface area contributed by atoms with E-state index in [0.717, 1.165) is 6.07 Å². The van der Waals surface area contributed by atoms with Crippen molar-refractivity contribution in [3.8, 4) is 0 Å². The smallest absolute Gasteiger partial charge is 0.289 e. The van der Waals surface area contributed by atoms with Crippen LogP contribution in [0.2, 0.25) is 10.0 Å². The van der Waals surface area contributed by atoms with Crippen LogP contribution in [0.15, 0.2) is 47.4 Å². The molecule has 1 N–H and O–H groups in total. The van der Waals surface area contributed by atoms with Crippen LogP contribution < -0.4 is 5.32 Å². The first-order valence-electron chi connectivity index (χ1n) is 8.89.